The third kappa shape index (κ3) is 3.94. The number of aromatic nitrogens is 1. The van der Waals surface area contributed by atoms with E-state index in [0.717, 1.165) is 12.3 Å². The fourth-order valence-electron chi connectivity index (χ4n) is 2.49. The van der Waals surface area contributed by atoms with E-state index in [2.05, 4.69) is 13.9 Å². The summed E-state index contributed by atoms with van der Waals surface area (Å²) in [6.45, 7) is 0. The molecule has 5 nitrogen and oxygen atoms in total. The van der Waals surface area contributed by atoms with Crippen LogP contribution in [0.1, 0.15) is 11.1 Å². The average molecular weight is 413 g/mol. The van der Waals surface area contributed by atoms with E-state index < -0.39 is 33.6 Å². The molecule has 2 aromatic rings. The molecule has 0 spiro atoms. The van der Waals surface area contributed by atoms with Crippen molar-refractivity contribution in [1.82, 2.24) is 4.98 Å². The summed E-state index contributed by atoms with van der Waals surface area (Å²) in [5.41, 5.74) is -5.00. The second-order valence-electron chi connectivity index (χ2n) is 5.49. The van der Waals surface area contributed by atoms with Crippen LogP contribution < -0.4 is 8.92 Å². The summed E-state index contributed by atoms with van der Waals surface area (Å²) >= 11 is 0. The molecule has 0 fully saturated rings. The zero-order valence-corrected chi connectivity index (χ0v) is 13.9. The molecule has 3 rings (SSSR count). The number of pyridine rings is 1. The molecular formula is C15H9F6NO4S. The molecule has 12 heteroatoms. The predicted molar refractivity (Wildman–Crippen MR) is 79.4 cm³/mol. The molecule has 0 saturated heterocycles. The topological polar surface area (TPSA) is 65.5 Å². The average Bonchev–Trinajstić information content (AvgIpc) is 2.46. The van der Waals surface area contributed by atoms with E-state index in [1.807, 2.05) is 0 Å². The summed E-state index contributed by atoms with van der Waals surface area (Å²) < 4.78 is 106. The fourth-order valence-corrected chi connectivity index (χ4v) is 2.99. The van der Waals surface area contributed by atoms with Gasteiger partial charge in [-0.3, -0.25) is 0 Å². The number of benzene rings is 1. The lowest BCUT2D eigenvalue weighted by Crippen LogP contribution is -2.29. The van der Waals surface area contributed by atoms with Gasteiger partial charge in [0, 0.05) is 23.4 Å². The van der Waals surface area contributed by atoms with Crippen molar-refractivity contribution in [2.24, 2.45) is 0 Å². The zero-order chi connectivity index (χ0) is 20.0. The lowest BCUT2D eigenvalue weighted by Gasteiger charge is -2.25. The van der Waals surface area contributed by atoms with Gasteiger partial charge in [-0.2, -0.15) is 21.6 Å². The highest BCUT2D eigenvalue weighted by Gasteiger charge is 2.49. The van der Waals surface area contributed by atoms with Crippen molar-refractivity contribution >= 4 is 10.1 Å². The molecule has 1 aliphatic rings. The summed E-state index contributed by atoms with van der Waals surface area (Å²) in [4.78, 5) is 3.37. The van der Waals surface area contributed by atoms with E-state index in [9.17, 15) is 34.8 Å². The molecular weight excluding hydrogens is 404 g/mol. The molecule has 0 radical (unpaired) electrons. The summed E-state index contributed by atoms with van der Waals surface area (Å²) in [5.74, 6) is -1.42. The van der Waals surface area contributed by atoms with Crippen LogP contribution in [0.5, 0.6) is 11.6 Å². The minimum atomic E-state index is -5.95. The first-order valence-electron chi connectivity index (χ1n) is 7.25. The van der Waals surface area contributed by atoms with Crippen molar-refractivity contribution in [3.05, 3.63) is 41.6 Å². The van der Waals surface area contributed by atoms with Gasteiger partial charge in [0.15, 0.2) is 5.75 Å². The Labute approximate surface area is 148 Å². The summed E-state index contributed by atoms with van der Waals surface area (Å²) in [5, 5.41) is 0. The van der Waals surface area contributed by atoms with Gasteiger partial charge in [-0.1, -0.05) is 12.1 Å². The Bertz CT molecular complexity index is 985. The van der Waals surface area contributed by atoms with Crippen molar-refractivity contribution in [3.63, 3.8) is 0 Å². The van der Waals surface area contributed by atoms with Crippen LogP contribution in [-0.2, 0) is 23.0 Å². The highest BCUT2D eigenvalue weighted by atomic mass is 32.2. The fraction of sp³-hybridized carbons (Fsp3) is 0.267. The Morgan fingerprint density at radius 3 is 2.26 bits per heavy atom. The quantitative estimate of drug-likeness (QED) is 0.431. The monoisotopic (exact) mass is 413 g/mol. The Morgan fingerprint density at radius 2 is 1.70 bits per heavy atom. The smallest absolute Gasteiger partial charge is 0.388 e. The third-order valence-corrected chi connectivity index (χ3v) is 4.70. The lowest BCUT2D eigenvalue weighted by molar-refractivity contribution is -0.276. The molecule has 1 aromatic carbocycles. The molecule has 0 bridgehead atoms. The summed E-state index contributed by atoms with van der Waals surface area (Å²) in [6, 6.07) is 4.81. The van der Waals surface area contributed by atoms with Gasteiger partial charge >= 0.3 is 22.0 Å². The Balaban J connectivity index is 2.08. The second-order valence-corrected chi connectivity index (χ2v) is 7.03. The van der Waals surface area contributed by atoms with E-state index >= 15 is 0 Å². The van der Waals surface area contributed by atoms with Crippen molar-refractivity contribution in [2.45, 2.75) is 24.7 Å². The number of rotatable bonds is 4. The number of ether oxygens (including phenoxy) is 1. The first-order valence-corrected chi connectivity index (χ1v) is 8.66. The van der Waals surface area contributed by atoms with E-state index in [0.29, 0.717) is 12.0 Å². The van der Waals surface area contributed by atoms with Crippen LogP contribution in [0.3, 0.4) is 0 Å². The van der Waals surface area contributed by atoms with Crippen LogP contribution in [0.25, 0.3) is 11.1 Å². The van der Waals surface area contributed by atoms with Crippen LogP contribution in [-0.4, -0.2) is 25.3 Å². The maximum atomic E-state index is 12.7. The molecule has 1 aliphatic carbocycles. The van der Waals surface area contributed by atoms with Crippen molar-refractivity contribution < 1.29 is 43.7 Å². The number of halogens is 6. The summed E-state index contributed by atoms with van der Waals surface area (Å²) in [7, 11) is -5.95. The van der Waals surface area contributed by atoms with Crippen LogP contribution in [0, 0.1) is 0 Å². The molecule has 1 heterocycles. The van der Waals surface area contributed by atoms with Crippen molar-refractivity contribution in [3.8, 4) is 22.8 Å². The minimum absolute atomic E-state index is 0.0497. The molecule has 0 saturated carbocycles. The molecule has 0 N–H and O–H groups in total. The van der Waals surface area contributed by atoms with Gasteiger partial charge in [0.05, 0.1) is 0 Å². The molecule has 1 aromatic heterocycles. The molecule has 0 aliphatic heterocycles. The van der Waals surface area contributed by atoms with Crippen LogP contribution in [0.15, 0.2) is 30.5 Å². The van der Waals surface area contributed by atoms with Crippen LogP contribution >= 0.6 is 0 Å². The lowest BCUT2D eigenvalue weighted by atomic mass is 9.85. The van der Waals surface area contributed by atoms with Gasteiger partial charge in [0.25, 0.3) is 0 Å². The first-order chi connectivity index (χ1) is 12.4. The SMILES string of the molecule is O=S(=O)(Oc1c(-c2ccnc(OC(F)(F)F)c2)ccc2c1CC2)C(F)(F)F. The van der Waals surface area contributed by atoms with Gasteiger partial charge in [0.2, 0.25) is 5.88 Å². The number of fused-ring (bicyclic) bond motifs is 1. The molecule has 0 atom stereocenters. The largest absolute Gasteiger partial charge is 0.574 e. The number of nitrogens with zero attached hydrogens (tertiary/aromatic N) is 1. The van der Waals surface area contributed by atoms with Gasteiger partial charge in [-0.25, -0.2) is 4.98 Å². The standard InChI is InChI=1S/C15H9F6NO4S/c16-14(17,18)25-12-7-9(5-6-22-12)11-4-2-8-1-3-10(8)13(11)26-27(23,24)15(19,20)21/h2,4-7H,1,3H2. The first kappa shape index (κ1) is 19.3. The molecule has 146 valence electrons. The van der Waals surface area contributed by atoms with Crippen LogP contribution in [0.4, 0.5) is 26.3 Å². The number of hydrogen-bond acceptors (Lipinski definition) is 5. The number of hydrogen-bond donors (Lipinski definition) is 0. The zero-order valence-electron chi connectivity index (χ0n) is 13.1. The molecule has 0 amide bonds. The predicted octanol–water partition coefficient (Wildman–Crippen LogP) is 3.97. The Hall–Kier alpha value is -2.50. The molecule has 0 unspecified atom stereocenters. The highest BCUT2D eigenvalue weighted by Crippen LogP contribution is 2.43. The van der Waals surface area contributed by atoms with Crippen molar-refractivity contribution in [1.29, 1.82) is 0 Å². The number of aryl methyl sites for hydroxylation is 1. The normalized spacial score (nSPS) is 14.3. The summed E-state index contributed by atoms with van der Waals surface area (Å²) in [6.07, 6.45) is -3.30. The van der Waals surface area contributed by atoms with Crippen molar-refractivity contribution in [2.75, 3.05) is 0 Å². The van der Waals surface area contributed by atoms with E-state index in [1.54, 1.807) is 0 Å². The van der Waals surface area contributed by atoms with Gasteiger partial charge in [-0.15, -0.1) is 13.2 Å². The van der Waals surface area contributed by atoms with Crippen LogP contribution in [0.2, 0.25) is 0 Å². The Kier molecular flexibility index (Phi) is 4.49. The Morgan fingerprint density at radius 1 is 1.00 bits per heavy atom. The van der Waals surface area contributed by atoms with E-state index in [-0.39, 0.29) is 23.1 Å². The minimum Gasteiger partial charge on any atom is -0.388 e. The van der Waals surface area contributed by atoms with Gasteiger partial charge in [-0.05, 0) is 30.0 Å². The molecule has 27 heavy (non-hydrogen) atoms. The maximum absolute atomic E-state index is 12.7. The second kappa shape index (κ2) is 6.29. The highest BCUT2D eigenvalue weighted by molar-refractivity contribution is 7.88. The maximum Gasteiger partial charge on any atom is 0.574 e. The number of alkyl halides is 6. The third-order valence-electron chi connectivity index (χ3n) is 3.74. The van der Waals surface area contributed by atoms with Gasteiger partial charge in [0.1, 0.15) is 0 Å². The van der Waals surface area contributed by atoms with E-state index in [1.165, 1.54) is 18.2 Å². The van der Waals surface area contributed by atoms with Gasteiger partial charge < -0.3 is 8.92 Å². The van der Waals surface area contributed by atoms with E-state index in [4.69, 9.17) is 0 Å².